The first-order valence-corrected chi connectivity index (χ1v) is 9.88. The molecule has 0 aliphatic carbocycles. The monoisotopic (exact) mass is 394 g/mol. The standard InChI is InChI=1S/C20H22N6OS/c1-3-17(15-7-5-4-6-8-15)22-23-19-24-25-20(26(19)21)28-13-18(27)16-11-9-14(2)10-12-16/h4-12H,3,13,21H2,1-2H3,(H,23,24)/b22-17-. The summed E-state index contributed by atoms with van der Waals surface area (Å²) in [4.78, 5) is 12.3. The number of carbonyl (C=O) groups excluding carboxylic acids is 1. The van der Waals surface area contributed by atoms with Gasteiger partial charge in [0.15, 0.2) is 5.78 Å². The molecule has 0 saturated heterocycles. The number of nitrogen functional groups attached to an aromatic ring is 1. The van der Waals surface area contributed by atoms with Crippen molar-refractivity contribution in [1.29, 1.82) is 0 Å². The number of anilines is 1. The molecule has 0 aliphatic rings. The molecule has 0 bridgehead atoms. The third kappa shape index (κ3) is 4.77. The van der Waals surface area contributed by atoms with E-state index in [2.05, 4.69) is 20.7 Å². The smallest absolute Gasteiger partial charge is 0.264 e. The molecule has 0 saturated carbocycles. The quantitative estimate of drug-likeness (QED) is 0.199. The second-order valence-corrected chi connectivity index (χ2v) is 7.09. The number of rotatable bonds is 8. The highest BCUT2D eigenvalue weighted by molar-refractivity contribution is 7.99. The largest absolute Gasteiger partial charge is 0.334 e. The number of Topliss-reactive ketones (excluding diaryl/α,β-unsaturated/α-hetero) is 1. The highest BCUT2D eigenvalue weighted by Gasteiger charge is 2.13. The fraction of sp³-hybridized carbons (Fsp3) is 0.200. The zero-order valence-corrected chi connectivity index (χ0v) is 16.6. The lowest BCUT2D eigenvalue weighted by Crippen LogP contribution is -2.15. The van der Waals surface area contributed by atoms with Crippen molar-refractivity contribution < 1.29 is 4.79 Å². The average Bonchev–Trinajstić information content (AvgIpc) is 3.07. The Balaban J connectivity index is 1.64. The summed E-state index contributed by atoms with van der Waals surface area (Å²) in [6.07, 6.45) is 0.752. The van der Waals surface area contributed by atoms with Crippen molar-refractivity contribution >= 4 is 29.2 Å². The van der Waals surface area contributed by atoms with E-state index in [1.165, 1.54) is 16.4 Å². The second-order valence-electron chi connectivity index (χ2n) is 6.14. The molecule has 0 aliphatic heterocycles. The van der Waals surface area contributed by atoms with Gasteiger partial charge in [-0.15, -0.1) is 10.2 Å². The molecular formula is C20H22N6OS. The van der Waals surface area contributed by atoms with Gasteiger partial charge in [-0.05, 0) is 18.9 Å². The van der Waals surface area contributed by atoms with Gasteiger partial charge in [0.2, 0.25) is 5.16 Å². The summed E-state index contributed by atoms with van der Waals surface area (Å²) in [5.41, 5.74) is 6.55. The lowest BCUT2D eigenvalue weighted by molar-refractivity contribution is 0.102. The van der Waals surface area contributed by atoms with E-state index in [-0.39, 0.29) is 11.5 Å². The molecule has 7 nitrogen and oxygen atoms in total. The maximum Gasteiger partial charge on any atom is 0.264 e. The number of thioether (sulfide) groups is 1. The van der Waals surface area contributed by atoms with Crippen LogP contribution in [0.15, 0.2) is 64.9 Å². The van der Waals surface area contributed by atoms with Crippen LogP contribution in [0, 0.1) is 6.92 Å². The molecular weight excluding hydrogens is 372 g/mol. The Labute approximate surface area is 168 Å². The summed E-state index contributed by atoms with van der Waals surface area (Å²) in [5.74, 6) is 6.59. The molecule has 144 valence electrons. The topological polar surface area (TPSA) is 98.2 Å². The molecule has 1 aromatic heterocycles. The number of benzene rings is 2. The maximum absolute atomic E-state index is 12.3. The van der Waals surface area contributed by atoms with Crippen molar-refractivity contribution in [3.63, 3.8) is 0 Å². The number of hydrogen-bond donors (Lipinski definition) is 2. The summed E-state index contributed by atoms with van der Waals surface area (Å²) in [6, 6.07) is 17.4. The van der Waals surface area contributed by atoms with Crippen LogP contribution in [0.3, 0.4) is 0 Å². The van der Waals surface area contributed by atoms with Gasteiger partial charge in [0.05, 0.1) is 11.5 Å². The van der Waals surface area contributed by atoms with Crippen LogP contribution in [0.25, 0.3) is 0 Å². The zero-order valence-electron chi connectivity index (χ0n) is 15.8. The van der Waals surface area contributed by atoms with Crippen molar-refractivity contribution in [2.45, 2.75) is 25.4 Å². The lowest BCUT2D eigenvalue weighted by Gasteiger charge is -2.06. The Morgan fingerprint density at radius 1 is 1.11 bits per heavy atom. The van der Waals surface area contributed by atoms with E-state index < -0.39 is 0 Å². The number of aromatic nitrogens is 3. The van der Waals surface area contributed by atoms with Gasteiger partial charge in [-0.3, -0.25) is 4.79 Å². The van der Waals surface area contributed by atoms with Crippen LogP contribution in [0.1, 0.15) is 34.8 Å². The van der Waals surface area contributed by atoms with Crippen molar-refractivity contribution in [3.8, 4) is 0 Å². The predicted molar refractivity (Wildman–Crippen MR) is 113 cm³/mol. The summed E-state index contributed by atoms with van der Waals surface area (Å²) in [6.45, 7) is 4.01. The van der Waals surface area contributed by atoms with E-state index in [0.717, 1.165) is 23.3 Å². The van der Waals surface area contributed by atoms with Crippen molar-refractivity contribution in [3.05, 3.63) is 71.3 Å². The third-order valence-corrected chi connectivity index (χ3v) is 5.05. The Bertz CT molecular complexity index is 966. The summed E-state index contributed by atoms with van der Waals surface area (Å²) < 4.78 is 1.30. The SMILES string of the molecule is CC/C(=N/Nc1nnc(SCC(=O)c2ccc(C)cc2)n1N)c1ccccc1. The molecule has 0 amide bonds. The van der Waals surface area contributed by atoms with Gasteiger partial charge in [0, 0.05) is 5.56 Å². The number of hydrazone groups is 1. The van der Waals surface area contributed by atoms with Gasteiger partial charge in [-0.2, -0.15) is 5.10 Å². The Morgan fingerprint density at radius 3 is 2.50 bits per heavy atom. The summed E-state index contributed by atoms with van der Waals surface area (Å²) in [5, 5.41) is 12.9. The number of nitrogens with zero attached hydrogens (tertiary/aromatic N) is 4. The van der Waals surface area contributed by atoms with Crippen molar-refractivity contribution in [1.82, 2.24) is 14.9 Å². The van der Waals surface area contributed by atoms with Crippen LogP contribution < -0.4 is 11.3 Å². The fourth-order valence-corrected chi connectivity index (χ4v) is 3.25. The number of aryl methyl sites for hydroxylation is 1. The minimum atomic E-state index is 0.0119. The molecule has 0 fully saturated rings. The first-order chi connectivity index (χ1) is 13.6. The van der Waals surface area contributed by atoms with Crippen LogP contribution in [0.2, 0.25) is 0 Å². The van der Waals surface area contributed by atoms with Crippen molar-refractivity contribution in [2.75, 3.05) is 17.0 Å². The molecule has 28 heavy (non-hydrogen) atoms. The van der Waals surface area contributed by atoms with Crippen LogP contribution in [-0.2, 0) is 0 Å². The van der Waals surface area contributed by atoms with Gasteiger partial charge in [0.25, 0.3) is 5.95 Å². The van der Waals surface area contributed by atoms with E-state index in [0.29, 0.717) is 16.7 Å². The number of nitrogens with two attached hydrogens (primary N) is 1. The van der Waals surface area contributed by atoms with E-state index >= 15 is 0 Å². The Kier molecular flexibility index (Phi) is 6.44. The normalized spacial score (nSPS) is 11.4. The number of ketones is 1. The van der Waals surface area contributed by atoms with Gasteiger partial charge >= 0.3 is 0 Å². The van der Waals surface area contributed by atoms with E-state index in [9.17, 15) is 4.79 Å². The Hall–Kier alpha value is -3.13. The average molecular weight is 395 g/mol. The van der Waals surface area contributed by atoms with E-state index in [1.54, 1.807) is 0 Å². The first kappa shape index (κ1) is 19.6. The second kappa shape index (κ2) is 9.18. The number of nitrogens with one attached hydrogen (secondary N) is 1. The molecule has 3 N–H and O–H groups in total. The molecule has 3 rings (SSSR count). The molecule has 8 heteroatoms. The molecule has 0 unspecified atom stereocenters. The molecule has 0 atom stereocenters. The highest BCUT2D eigenvalue weighted by atomic mass is 32.2. The van der Waals surface area contributed by atoms with Gasteiger partial charge in [-0.25, -0.2) is 10.1 Å². The van der Waals surface area contributed by atoms with Gasteiger partial charge < -0.3 is 5.84 Å². The Morgan fingerprint density at radius 2 is 1.82 bits per heavy atom. The van der Waals surface area contributed by atoms with E-state index in [4.69, 9.17) is 5.84 Å². The highest BCUT2D eigenvalue weighted by Crippen LogP contribution is 2.18. The van der Waals surface area contributed by atoms with Crippen molar-refractivity contribution in [2.24, 2.45) is 5.10 Å². The maximum atomic E-state index is 12.3. The molecule has 2 aromatic carbocycles. The van der Waals surface area contributed by atoms with Gasteiger partial charge in [0.1, 0.15) is 0 Å². The van der Waals surface area contributed by atoms with Crippen LogP contribution in [0.5, 0.6) is 0 Å². The minimum absolute atomic E-state index is 0.0119. The van der Waals surface area contributed by atoms with E-state index in [1.807, 2.05) is 68.4 Å². The summed E-state index contributed by atoms with van der Waals surface area (Å²) in [7, 11) is 0. The van der Waals surface area contributed by atoms with Crippen LogP contribution in [-0.4, -0.2) is 32.1 Å². The lowest BCUT2D eigenvalue weighted by atomic mass is 10.1. The molecule has 0 radical (unpaired) electrons. The van der Waals surface area contributed by atoms with Gasteiger partial charge in [-0.1, -0.05) is 78.8 Å². The molecule has 1 heterocycles. The predicted octanol–water partition coefficient (Wildman–Crippen LogP) is 3.50. The number of carbonyl (C=O) groups is 1. The summed E-state index contributed by atoms with van der Waals surface area (Å²) >= 11 is 1.24. The first-order valence-electron chi connectivity index (χ1n) is 8.89. The fourth-order valence-electron chi connectivity index (χ4n) is 2.50. The molecule has 0 spiro atoms. The molecule has 3 aromatic rings. The number of hydrogen-bond acceptors (Lipinski definition) is 7. The van der Waals surface area contributed by atoms with Crippen LogP contribution in [0.4, 0.5) is 5.95 Å². The minimum Gasteiger partial charge on any atom is -0.334 e. The zero-order chi connectivity index (χ0) is 19.9. The third-order valence-electron chi connectivity index (χ3n) is 4.10. The van der Waals surface area contributed by atoms with Crippen LogP contribution >= 0.6 is 11.8 Å².